The summed E-state index contributed by atoms with van der Waals surface area (Å²) in [5, 5.41) is 0. The van der Waals surface area contributed by atoms with Crippen molar-refractivity contribution >= 4 is 25.4 Å². The quantitative estimate of drug-likeness (QED) is 0.495. The number of methoxy groups -OCH3 is 3. The molecule has 0 aliphatic rings. The first kappa shape index (κ1) is 19.2. The summed E-state index contributed by atoms with van der Waals surface area (Å²) in [5.74, 6) is 1.30. The van der Waals surface area contributed by atoms with E-state index in [-0.39, 0.29) is 20.9 Å². The van der Waals surface area contributed by atoms with E-state index in [1.807, 2.05) is 42.5 Å². The van der Waals surface area contributed by atoms with Crippen molar-refractivity contribution < 1.29 is 23.7 Å². The van der Waals surface area contributed by atoms with Crippen molar-refractivity contribution in [3.63, 3.8) is 0 Å². The van der Waals surface area contributed by atoms with Crippen molar-refractivity contribution in [2.45, 2.75) is 11.7 Å². The van der Waals surface area contributed by atoms with Crippen LogP contribution in [0.3, 0.4) is 0 Å². The predicted molar refractivity (Wildman–Crippen MR) is 97.3 cm³/mol. The van der Waals surface area contributed by atoms with Crippen molar-refractivity contribution in [3.05, 3.63) is 48.0 Å². The van der Waals surface area contributed by atoms with Gasteiger partial charge in [-0.05, 0) is 0 Å². The molecule has 0 bridgehead atoms. The second-order valence-corrected chi connectivity index (χ2v) is 7.49. The summed E-state index contributed by atoms with van der Waals surface area (Å²) in [6.07, 6.45) is 0. The third kappa shape index (κ3) is 4.68. The molecule has 0 aliphatic carbocycles. The molecule has 1 atom stereocenters. The Morgan fingerprint density at radius 3 is 2.08 bits per heavy atom. The zero-order chi connectivity index (χ0) is 18.2. The molecular formula is C19H22O5Se. The van der Waals surface area contributed by atoms with Crippen LogP contribution in [0.25, 0.3) is 0 Å². The molecule has 0 radical (unpaired) electrons. The maximum atomic E-state index is 12.6. The number of benzene rings is 2. The van der Waals surface area contributed by atoms with Gasteiger partial charge in [0.25, 0.3) is 0 Å². The molecule has 25 heavy (non-hydrogen) atoms. The first-order valence-corrected chi connectivity index (χ1v) is 9.67. The fraction of sp³-hybridized carbons (Fsp3) is 0.316. The van der Waals surface area contributed by atoms with Crippen LogP contribution in [0.5, 0.6) is 17.2 Å². The molecule has 2 rings (SSSR count). The van der Waals surface area contributed by atoms with Gasteiger partial charge in [0.1, 0.15) is 0 Å². The number of carbonyl (C=O) groups excluding carboxylic acids is 1. The summed E-state index contributed by atoms with van der Waals surface area (Å²) < 4.78 is 22.6. The first-order chi connectivity index (χ1) is 12.1. The summed E-state index contributed by atoms with van der Waals surface area (Å²) in [4.78, 5) is 12.2. The number of ether oxygens (including phenoxy) is 4. The molecule has 0 fully saturated rings. The van der Waals surface area contributed by atoms with Gasteiger partial charge in [0.2, 0.25) is 0 Å². The Bertz CT molecular complexity index is 677. The van der Waals surface area contributed by atoms with E-state index >= 15 is 0 Å². The van der Waals surface area contributed by atoms with Crippen molar-refractivity contribution in [2.24, 2.45) is 0 Å². The van der Waals surface area contributed by atoms with Crippen LogP contribution in [0.4, 0.5) is 0 Å². The molecule has 0 amide bonds. The summed E-state index contributed by atoms with van der Waals surface area (Å²) in [6, 6.07) is 13.6. The van der Waals surface area contributed by atoms with Crippen LogP contribution in [0.15, 0.2) is 42.5 Å². The van der Waals surface area contributed by atoms with Crippen LogP contribution in [-0.2, 0) is 9.53 Å². The SMILES string of the molecule is CCOC(=O)C([Se]c1ccccc1)c1cc(OC)c(OC)c(OC)c1. The molecule has 0 heterocycles. The van der Waals surface area contributed by atoms with Crippen LogP contribution in [-0.4, -0.2) is 48.9 Å². The summed E-state index contributed by atoms with van der Waals surface area (Å²) in [6.45, 7) is 2.14. The van der Waals surface area contributed by atoms with E-state index < -0.39 is 4.82 Å². The number of carbonyl (C=O) groups is 1. The van der Waals surface area contributed by atoms with Gasteiger partial charge < -0.3 is 0 Å². The first-order valence-electron chi connectivity index (χ1n) is 7.82. The molecule has 134 valence electrons. The molecule has 0 saturated carbocycles. The second-order valence-electron chi connectivity index (χ2n) is 5.02. The zero-order valence-electron chi connectivity index (χ0n) is 14.8. The molecule has 1 unspecified atom stereocenters. The van der Waals surface area contributed by atoms with Crippen LogP contribution in [0, 0.1) is 0 Å². The van der Waals surface area contributed by atoms with Gasteiger partial charge >= 0.3 is 154 Å². The van der Waals surface area contributed by atoms with E-state index in [2.05, 4.69) is 0 Å². The van der Waals surface area contributed by atoms with Gasteiger partial charge in [-0.25, -0.2) is 0 Å². The van der Waals surface area contributed by atoms with Crippen LogP contribution in [0.2, 0.25) is 0 Å². The Hall–Kier alpha value is -2.17. The number of hydrogen-bond acceptors (Lipinski definition) is 5. The van der Waals surface area contributed by atoms with Crippen molar-refractivity contribution in [2.75, 3.05) is 27.9 Å². The number of esters is 1. The fourth-order valence-corrected chi connectivity index (χ4v) is 4.50. The second kappa shape index (κ2) is 9.35. The standard InChI is InChI=1S/C19H22O5Se/c1-5-24-19(20)18(25-14-9-7-6-8-10-14)13-11-15(21-2)17(23-4)16(12-13)22-3/h6-12,18H,5H2,1-4H3. The average molecular weight is 409 g/mol. The molecular weight excluding hydrogens is 387 g/mol. The monoisotopic (exact) mass is 410 g/mol. The van der Waals surface area contributed by atoms with Crippen molar-refractivity contribution in [1.82, 2.24) is 0 Å². The Kier molecular flexibility index (Phi) is 7.16. The number of rotatable bonds is 8. The topological polar surface area (TPSA) is 54.0 Å². The third-order valence-corrected chi connectivity index (χ3v) is 6.10. The minimum atomic E-state index is -0.399. The normalized spacial score (nSPS) is 11.5. The van der Waals surface area contributed by atoms with E-state index in [0.717, 1.165) is 10.0 Å². The van der Waals surface area contributed by atoms with E-state index in [1.54, 1.807) is 28.3 Å². The zero-order valence-corrected chi connectivity index (χ0v) is 16.5. The van der Waals surface area contributed by atoms with E-state index in [1.165, 1.54) is 0 Å². The van der Waals surface area contributed by atoms with E-state index in [9.17, 15) is 4.79 Å². The fourth-order valence-electron chi connectivity index (χ4n) is 2.36. The average Bonchev–Trinajstić information content (AvgIpc) is 2.65. The van der Waals surface area contributed by atoms with Gasteiger partial charge in [0.15, 0.2) is 0 Å². The Morgan fingerprint density at radius 2 is 1.60 bits per heavy atom. The van der Waals surface area contributed by atoms with Crippen LogP contribution in [0.1, 0.15) is 17.3 Å². The Labute approximate surface area is 154 Å². The van der Waals surface area contributed by atoms with Gasteiger partial charge in [0, 0.05) is 0 Å². The third-order valence-electron chi connectivity index (χ3n) is 3.49. The molecule has 0 N–H and O–H groups in total. The Morgan fingerprint density at radius 1 is 1.00 bits per heavy atom. The van der Waals surface area contributed by atoms with E-state index in [4.69, 9.17) is 18.9 Å². The molecule has 6 heteroatoms. The van der Waals surface area contributed by atoms with Crippen LogP contribution >= 0.6 is 0 Å². The van der Waals surface area contributed by atoms with Crippen molar-refractivity contribution in [3.8, 4) is 17.2 Å². The number of hydrogen-bond donors (Lipinski definition) is 0. The van der Waals surface area contributed by atoms with Gasteiger partial charge in [-0.2, -0.15) is 0 Å². The van der Waals surface area contributed by atoms with Gasteiger partial charge in [-0.1, -0.05) is 0 Å². The molecule has 0 aliphatic heterocycles. The minimum absolute atomic E-state index is 0.141. The molecule has 5 nitrogen and oxygen atoms in total. The molecule has 0 saturated heterocycles. The van der Waals surface area contributed by atoms with Gasteiger partial charge in [-0.15, -0.1) is 0 Å². The summed E-state index contributed by atoms with van der Waals surface area (Å²) in [5.41, 5.74) is 0.789. The maximum absolute atomic E-state index is 12.6. The molecule has 2 aromatic carbocycles. The predicted octanol–water partition coefficient (Wildman–Crippen LogP) is 2.35. The van der Waals surface area contributed by atoms with Gasteiger partial charge in [-0.3, -0.25) is 0 Å². The summed E-state index contributed by atoms with van der Waals surface area (Å²) >= 11 is -0.141. The van der Waals surface area contributed by atoms with Crippen LogP contribution < -0.4 is 18.7 Å². The van der Waals surface area contributed by atoms with Crippen molar-refractivity contribution in [1.29, 1.82) is 0 Å². The Balaban J connectivity index is 2.47. The molecule has 0 aromatic heterocycles. The summed E-state index contributed by atoms with van der Waals surface area (Å²) in [7, 11) is 4.67. The molecule has 0 spiro atoms. The van der Waals surface area contributed by atoms with E-state index in [0.29, 0.717) is 23.9 Å². The molecule has 2 aromatic rings. The van der Waals surface area contributed by atoms with Gasteiger partial charge in [0.05, 0.1) is 0 Å².